The number of hydrogen-bond acceptors (Lipinski definition) is 2. The Morgan fingerprint density at radius 2 is 1.94 bits per heavy atom. The van der Waals surface area contributed by atoms with Crippen LogP contribution in [-0.4, -0.2) is 12.5 Å². The number of nitrogen functional groups attached to an aromatic ring is 1. The minimum Gasteiger partial charge on any atom is -0.398 e. The molecule has 3 heteroatoms. The van der Waals surface area contributed by atoms with E-state index >= 15 is 0 Å². The smallest absolute Gasteiger partial charge is 0.224 e. The molecule has 0 bridgehead atoms. The Morgan fingerprint density at radius 3 is 2.50 bits per heavy atom. The fourth-order valence-electron chi connectivity index (χ4n) is 1.29. The summed E-state index contributed by atoms with van der Waals surface area (Å²) < 4.78 is 0. The van der Waals surface area contributed by atoms with Crippen LogP contribution in [0, 0.1) is 5.41 Å². The SMILES string of the molecule is CC(C)(C)CNC(=O)Cc1ccccc1N. The first kappa shape index (κ1) is 12.6. The highest BCUT2D eigenvalue weighted by Gasteiger charge is 2.12. The number of carbonyl (C=O) groups excluding carboxylic acids is 1. The molecule has 0 saturated heterocycles. The van der Waals surface area contributed by atoms with Gasteiger partial charge >= 0.3 is 0 Å². The summed E-state index contributed by atoms with van der Waals surface area (Å²) in [6.45, 7) is 6.94. The average Bonchev–Trinajstić information content (AvgIpc) is 2.18. The number of amides is 1. The molecule has 3 N–H and O–H groups in total. The standard InChI is InChI=1S/C13H20N2O/c1-13(2,3)9-15-12(16)8-10-6-4-5-7-11(10)14/h4-7H,8-9,14H2,1-3H3,(H,15,16). The van der Waals surface area contributed by atoms with E-state index in [4.69, 9.17) is 5.73 Å². The molecular weight excluding hydrogens is 200 g/mol. The Morgan fingerprint density at radius 1 is 1.31 bits per heavy atom. The molecule has 0 radical (unpaired) electrons. The second kappa shape index (κ2) is 5.01. The van der Waals surface area contributed by atoms with Crippen LogP contribution in [0.5, 0.6) is 0 Å². The number of hydrogen-bond donors (Lipinski definition) is 2. The average molecular weight is 220 g/mol. The van der Waals surface area contributed by atoms with Gasteiger partial charge in [0.1, 0.15) is 0 Å². The molecule has 88 valence electrons. The number of benzene rings is 1. The van der Waals surface area contributed by atoms with E-state index in [1.54, 1.807) is 0 Å². The van der Waals surface area contributed by atoms with E-state index in [0.29, 0.717) is 18.7 Å². The molecule has 0 aliphatic carbocycles. The summed E-state index contributed by atoms with van der Waals surface area (Å²) in [5.41, 5.74) is 7.44. The molecule has 1 amide bonds. The molecule has 3 nitrogen and oxygen atoms in total. The van der Waals surface area contributed by atoms with Crippen molar-refractivity contribution in [2.24, 2.45) is 5.41 Å². The van der Waals surface area contributed by atoms with Gasteiger partial charge < -0.3 is 11.1 Å². The first-order valence-electron chi connectivity index (χ1n) is 5.48. The lowest BCUT2D eigenvalue weighted by atomic mass is 9.97. The molecule has 0 spiro atoms. The van der Waals surface area contributed by atoms with Crippen LogP contribution in [0.2, 0.25) is 0 Å². The Hall–Kier alpha value is -1.51. The van der Waals surface area contributed by atoms with E-state index in [1.807, 2.05) is 24.3 Å². The van der Waals surface area contributed by atoms with E-state index in [1.165, 1.54) is 0 Å². The normalized spacial score (nSPS) is 11.2. The van der Waals surface area contributed by atoms with Gasteiger partial charge in [0.05, 0.1) is 6.42 Å². The molecule has 0 aliphatic heterocycles. The first-order valence-corrected chi connectivity index (χ1v) is 5.48. The van der Waals surface area contributed by atoms with Crippen LogP contribution in [0.3, 0.4) is 0 Å². The lowest BCUT2D eigenvalue weighted by Gasteiger charge is -2.18. The third-order valence-electron chi connectivity index (χ3n) is 2.22. The van der Waals surface area contributed by atoms with Crippen molar-refractivity contribution in [1.82, 2.24) is 5.32 Å². The van der Waals surface area contributed by atoms with Crippen molar-refractivity contribution in [1.29, 1.82) is 0 Å². The predicted molar refractivity (Wildman–Crippen MR) is 67.0 cm³/mol. The van der Waals surface area contributed by atoms with Crippen molar-refractivity contribution in [3.63, 3.8) is 0 Å². The van der Waals surface area contributed by atoms with Crippen molar-refractivity contribution in [2.45, 2.75) is 27.2 Å². The van der Waals surface area contributed by atoms with Crippen molar-refractivity contribution in [3.8, 4) is 0 Å². The number of rotatable bonds is 3. The predicted octanol–water partition coefficient (Wildman–Crippen LogP) is 1.97. The fourth-order valence-corrected chi connectivity index (χ4v) is 1.29. The maximum Gasteiger partial charge on any atom is 0.224 e. The molecule has 0 heterocycles. The Kier molecular flexibility index (Phi) is 3.93. The maximum absolute atomic E-state index is 11.6. The van der Waals surface area contributed by atoms with E-state index in [0.717, 1.165) is 5.56 Å². The third kappa shape index (κ3) is 4.34. The van der Waals surface area contributed by atoms with Crippen LogP contribution >= 0.6 is 0 Å². The van der Waals surface area contributed by atoms with Gasteiger partial charge in [-0.3, -0.25) is 4.79 Å². The van der Waals surface area contributed by atoms with Gasteiger partial charge in [0, 0.05) is 12.2 Å². The molecule has 0 saturated carbocycles. The lowest BCUT2D eigenvalue weighted by Crippen LogP contribution is -2.33. The van der Waals surface area contributed by atoms with E-state index in [9.17, 15) is 4.79 Å². The number of nitrogens with two attached hydrogens (primary N) is 1. The zero-order chi connectivity index (χ0) is 12.2. The Bertz CT molecular complexity index is 366. The molecule has 0 aromatic heterocycles. The maximum atomic E-state index is 11.6. The van der Waals surface area contributed by atoms with Gasteiger partial charge in [-0.15, -0.1) is 0 Å². The van der Waals surface area contributed by atoms with Gasteiger partial charge in [-0.1, -0.05) is 39.0 Å². The van der Waals surface area contributed by atoms with Crippen LogP contribution in [0.1, 0.15) is 26.3 Å². The topological polar surface area (TPSA) is 55.1 Å². The first-order chi connectivity index (χ1) is 7.38. The van der Waals surface area contributed by atoms with Gasteiger partial charge in [0.25, 0.3) is 0 Å². The molecule has 0 fully saturated rings. The van der Waals surface area contributed by atoms with E-state index < -0.39 is 0 Å². The third-order valence-corrected chi connectivity index (χ3v) is 2.22. The van der Waals surface area contributed by atoms with Gasteiger partial charge in [-0.05, 0) is 17.0 Å². The van der Waals surface area contributed by atoms with Crippen molar-refractivity contribution < 1.29 is 4.79 Å². The second-order valence-corrected chi connectivity index (χ2v) is 5.21. The number of anilines is 1. The number of para-hydroxylation sites is 1. The lowest BCUT2D eigenvalue weighted by molar-refractivity contribution is -0.120. The molecule has 1 rings (SSSR count). The van der Waals surface area contributed by atoms with Crippen LogP contribution < -0.4 is 11.1 Å². The van der Waals surface area contributed by atoms with Gasteiger partial charge in [0.15, 0.2) is 0 Å². The van der Waals surface area contributed by atoms with Crippen molar-refractivity contribution in [3.05, 3.63) is 29.8 Å². The summed E-state index contributed by atoms with van der Waals surface area (Å²) in [5.74, 6) is 0.0211. The number of carbonyl (C=O) groups is 1. The molecule has 0 aliphatic rings. The molecule has 1 aromatic rings. The highest BCUT2D eigenvalue weighted by Crippen LogP contribution is 2.12. The Labute approximate surface area is 97.0 Å². The zero-order valence-corrected chi connectivity index (χ0v) is 10.2. The quantitative estimate of drug-likeness (QED) is 0.765. The zero-order valence-electron chi connectivity index (χ0n) is 10.2. The van der Waals surface area contributed by atoms with Gasteiger partial charge in [-0.25, -0.2) is 0 Å². The largest absolute Gasteiger partial charge is 0.398 e. The van der Waals surface area contributed by atoms with E-state index in [2.05, 4.69) is 26.1 Å². The molecule has 0 unspecified atom stereocenters. The van der Waals surface area contributed by atoms with Crippen LogP contribution in [0.25, 0.3) is 0 Å². The molecule has 1 aromatic carbocycles. The summed E-state index contributed by atoms with van der Waals surface area (Å²) in [4.78, 5) is 11.6. The van der Waals surface area contributed by atoms with Crippen LogP contribution in [-0.2, 0) is 11.2 Å². The van der Waals surface area contributed by atoms with Crippen molar-refractivity contribution >= 4 is 11.6 Å². The Balaban J connectivity index is 2.50. The fraction of sp³-hybridized carbons (Fsp3) is 0.462. The van der Waals surface area contributed by atoms with Crippen LogP contribution in [0.4, 0.5) is 5.69 Å². The highest BCUT2D eigenvalue weighted by molar-refractivity contribution is 5.80. The highest BCUT2D eigenvalue weighted by atomic mass is 16.1. The van der Waals surface area contributed by atoms with Gasteiger partial charge in [0.2, 0.25) is 5.91 Å². The monoisotopic (exact) mass is 220 g/mol. The second-order valence-electron chi connectivity index (χ2n) is 5.21. The summed E-state index contributed by atoms with van der Waals surface area (Å²) >= 11 is 0. The minimum absolute atomic E-state index is 0.0211. The van der Waals surface area contributed by atoms with E-state index in [-0.39, 0.29) is 11.3 Å². The van der Waals surface area contributed by atoms with Gasteiger partial charge in [-0.2, -0.15) is 0 Å². The summed E-state index contributed by atoms with van der Waals surface area (Å²) in [5, 5.41) is 2.90. The molecule has 0 atom stereocenters. The summed E-state index contributed by atoms with van der Waals surface area (Å²) in [7, 11) is 0. The number of nitrogens with one attached hydrogen (secondary N) is 1. The van der Waals surface area contributed by atoms with Crippen molar-refractivity contribution in [2.75, 3.05) is 12.3 Å². The minimum atomic E-state index is 0.0211. The molecular formula is C13H20N2O. The summed E-state index contributed by atoms with van der Waals surface area (Å²) in [6.07, 6.45) is 0.350. The van der Waals surface area contributed by atoms with Crippen LogP contribution in [0.15, 0.2) is 24.3 Å². The molecule has 16 heavy (non-hydrogen) atoms. The summed E-state index contributed by atoms with van der Waals surface area (Å²) in [6, 6.07) is 7.45.